The van der Waals surface area contributed by atoms with Crippen LogP contribution in [0.4, 0.5) is 0 Å². The molecule has 2 N–H and O–H groups in total. The van der Waals surface area contributed by atoms with E-state index in [1.165, 1.54) is 5.56 Å². The molecule has 3 nitrogen and oxygen atoms in total. The van der Waals surface area contributed by atoms with E-state index in [2.05, 4.69) is 5.32 Å². The summed E-state index contributed by atoms with van der Waals surface area (Å²) in [5.74, 6) is 2.27. The van der Waals surface area contributed by atoms with Crippen LogP contribution in [-0.4, -0.2) is 5.11 Å². The Balaban J connectivity index is 1.94. The van der Waals surface area contributed by atoms with Crippen molar-refractivity contribution in [2.24, 2.45) is 0 Å². The average molecular weight is 245 g/mol. The number of benzene rings is 1. The van der Waals surface area contributed by atoms with Crippen molar-refractivity contribution < 1.29 is 9.52 Å². The van der Waals surface area contributed by atoms with Crippen molar-refractivity contribution in [3.05, 3.63) is 52.5 Å². The molecule has 0 fully saturated rings. The number of aryl methyl sites for hydroxylation is 3. The summed E-state index contributed by atoms with van der Waals surface area (Å²) in [6, 6.07) is 7.95. The lowest BCUT2D eigenvalue weighted by molar-refractivity contribution is 0.459. The van der Waals surface area contributed by atoms with Crippen molar-refractivity contribution in [2.75, 3.05) is 0 Å². The largest absolute Gasteiger partial charge is 0.507 e. The molecule has 0 aliphatic carbocycles. The number of hydrogen-bond donors (Lipinski definition) is 2. The van der Waals surface area contributed by atoms with Crippen LogP contribution in [0, 0.1) is 20.8 Å². The van der Waals surface area contributed by atoms with Crippen molar-refractivity contribution in [1.29, 1.82) is 0 Å². The fourth-order valence-electron chi connectivity index (χ4n) is 2.06. The van der Waals surface area contributed by atoms with Gasteiger partial charge in [0.1, 0.15) is 17.3 Å². The summed E-state index contributed by atoms with van der Waals surface area (Å²) in [5.41, 5.74) is 3.01. The van der Waals surface area contributed by atoms with E-state index < -0.39 is 0 Å². The highest BCUT2D eigenvalue weighted by Crippen LogP contribution is 2.22. The molecule has 0 aliphatic rings. The maximum Gasteiger partial charge on any atom is 0.121 e. The third-order valence-corrected chi connectivity index (χ3v) is 2.98. The van der Waals surface area contributed by atoms with Gasteiger partial charge < -0.3 is 14.8 Å². The Kier molecular flexibility index (Phi) is 3.72. The van der Waals surface area contributed by atoms with Crippen molar-refractivity contribution in [3.8, 4) is 5.75 Å². The highest BCUT2D eigenvalue weighted by Gasteiger charge is 2.04. The van der Waals surface area contributed by atoms with Gasteiger partial charge >= 0.3 is 0 Å². The Labute approximate surface area is 107 Å². The minimum absolute atomic E-state index is 0.389. The molecule has 2 aromatic rings. The van der Waals surface area contributed by atoms with Crippen LogP contribution in [0.5, 0.6) is 5.75 Å². The second kappa shape index (κ2) is 5.27. The molecule has 96 valence electrons. The van der Waals surface area contributed by atoms with Crippen LogP contribution < -0.4 is 5.32 Å². The zero-order valence-corrected chi connectivity index (χ0v) is 11.1. The number of rotatable bonds is 4. The second-order valence-electron chi connectivity index (χ2n) is 4.69. The van der Waals surface area contributed by atoms with Gasteiger partial charge in [-0.15, -0.1) is 0 Å². The van der Waals surface area contributed by atoms with E-state index in [9.17, 15) is 5.11 Å². The lowest BCUT2D eigenvalue weighted by Gasteiger charge is -2.08. The molecule has 0 spiro atoms. The predicted molar refractivity (Wildman–Crippen MR) is 71.6 cm³/mol. The topological polar surface area (TPSA) is 45.4 Å². The molecule has 0 bridgehead atoms. The summed E-state index contributed by atoms with van der Waals surface area (Å²) in [6.45, 7) is 7.26. The third kappa shape index (κ3) is 2.93. The van der Waals surface area contributed by atoms with E-state index in [0.717, 1.165) is 29.2 Å². The van der Waals surface area contributed by atoms with E-state index >= 15 is 0 Å². The van der Waals surface area contributed by atoms with Gasteiger partial charge in [-0.3, -0.25) is 0 Å². The van der Waals surface area contributed by atoms with Crippen LogP contribution in [0.3, 0.4) is 0 Å². The van der Waals surface area contributed by atoms with Crippen LogP contribution >= 0.6 is 0 Å². The van der Waals surface area contributed by atoms with Crippen LogP contribution in [0.25, 0.3) is 0 Å². The zero-order chi connectivity index (χ0) is 13.1. The lowest BCUT2D eigenvalue weighted by atomic mass is 10.1. The summed E-state index contributed by atoms with van der Waals surface area (Å²) in [6.07, 6.45) is 0. The molecule has 0 saturated carbocycles. The molecule has 0 saturated heterocycles. The summed E-state index contributed by atoms with van der Waals surface area (Å²) in [7, 11) is 0. The summed E-state index contributed by atoms with van der Waals surface area (Å²) >= 11 is 0. The van der Waals surface area contributed by atoms with Gasteiger partial charge in [-0.05, 0) is 49.6 Å². The quantitative estimate of drug-likeness (QED) is 0.869. The van der Waals surface area contributed by atoms with Gasteiger partial charge in [0.15, 0.2) is 0 Å². The molecule has 1 aromatic carbocycles. The van der Waals surface area contributed by atoms with Crippen LogP contribution in [0.2, 0.25) is 0 Å². The van der Waals surface area contributed by atoms with Gasteiger partial charge in [0.05, 0.1) is 6.54 Å². The first-order chi connectivity index (χ1) is 8.56. The van der Waals surface area contributed by atoms with Gasteiger partial charge in [0.2, 0.25) is 0 Å². The van der Waals surface area contributed by atoms with E-state index in [0.29, 0.717) is 12.3 Å². The minimum Gasteiger partial charge on any atom is -0.507 e. The molecule has 0 aliphatic heterocycles. The molecule has 2 rings (SSSR count). The molecule has 0 atom stereocenters. The Bertz CT molecular complexity index is 520. The zero-order valence-electron chi connectivity index (χ0n) is 11.1. The standard InChI is InChI=1S/C15H19NO2/c1-10-6-13(7-11(2)15(10)17)8-16-9-14-5-4-12(3)18-14/h4-7,16-17H,8-9H2,1-3H3. The monoisotopic (exact) mass is 245 g/mol. The number of hydrogen-bond acceptors (Lipinski definition) is 3. The number of phenols is 1. The molecule has 18 heavy (non-hydrogen) atoms. The first kappa shape index (κ1) is 12.7. The van der Waals surface area contributed by atoms with Crippen molar-refractivity contribution in [2.45, 2.75) is 33.9 Å². The van der Waals surface area contributed by atoms with Crippen LogP contribution in [0.15, 0.2) is 28.7 Å². The average Bonchev–Trinajstić information content (AvgIpc) is 2.72. The molecule has 3 heteroatoms. The van der Waals surface area contributed by atoms with E-state index in [1.807, 2.05) is 45.0 Å². The molecular weight excluding hydrogens is 226 g/mol. The smallest absolute Gasteiger partial charge is 0.121 e. The van der Waals surface area contributed by atoms with Gasteiger partial charge in [-0.1, -0.05) is 12.1 Å². The second-order valence-corrected chi connectivity index (χ2v) is 4.69. The van der Waals surface area contributed by atoms with Crippen molar-refractivity contribution in [3.63, 3.8) is 0 Å². The van der Waals surface area contributed by atoms with Crippen LogP contribution in [0.1, 0.15) is 28.2 Å². The van der Waals surface area contributed by atoms with Gasteiger partial charge in [0.25, 0.3) is 0 Å². The first-order valence-electron chi connectivity index (χ1n) is 6.11. The Morgan fingerprint density at radius 2 is 1.72 bits per heavy atom. The molecule has 0 radical (unpaired) electrons. The number of aromatic hydroxyl groups is 1. The molecule has 0 unspecified atom stereocenters. The Morgan fingerprint density at radius 1 is 1.06 bits per heavy atom. The maximum atomic E-state index is 9.70. The number of nitrogens with one attached hydrogen (secondary N) is 1. The fourth-order valence-corrected chi connectivity index (χ4v) is 2.06. The maximum absolute atomic E-state index is 9.70. The summed E-state index contributed by atoms with van der Waals surface area (Å²) in [5, 5.41) is 13.0. The molecular formula is C15H19NO2. The fraction of sp³-hybridized carbons (Fsp3) is 0.333. The van der Waals surface area contributed by atoms with Crippen molar-refractivity contribution >= 4 is 0 Å². The SMILES string of the molecule is Cc1ccc(CNCc2cc(C)c(O)c(C)c2)o1. The molecule has 1 aromatic heterocycles. The third-order valence-electron chi connectivity index (χ3n) is 2.98. The highest BCUT2D eigenvalue weighted by molar-refractivity contribution is 5.42. The van der Waals surface area contributed by atoms with E-state index in [4.69, 9.17) is 4.42 Å². The lowest BCUT2D eigenvalue weighted by Crippen LogP contribution is -2.12. The molecule has 0 amide bonds. The van der Waals surface area contributed by atoms with E-state index in [-0.39, 0.29) is 0 Å². The van der Waals surface area contributed by atoms with Crippen LogP contribution in [-0.2, 0) is 13.1 Å². The number of furan rings is 1. The van der Waals surface area contributed by atoms with Gasteiger partial charge in [0, 0.05) is 6.54 Å². The predicted octanol–water partition coefficient (Wildman–Crippen LogP) is 3.20. The van der Waals surface area contributed by atoms with Gasteiger partial charge in [-0.25, -0.2) is 0 Å². The first-order valence-corrected chi connectivity index (χ1v) is 6.11. The molecule has 1 heterocycles. The Hall–Kier alpha value is -1.74. The number of phenolic OH excluding ortho intramolecular Hbond substituents is 1. The Morgan fingerprint density at radius 3 is 2.28 bits per heavy atom. The summed E-state index contributed by atoms with van der Waals surface area (Å²) in [4.78, 5) is 0. The van der Waals surface area contributed by atoms with Crippen molar-refractivity contribution in [1.82, 2.24) is 5.32 Å². The summed E-state index contributed by atoms with van der Waals surface area (Å²) < 4.78 is 5.49. The minimum atomic E-state index is 0.389. The van der Waals surface area contributed by atoms with Gasteiger partial charge in [-0.2, -0.15) is 0 Å². The highest BCUT2D eigenvalue weighted by atomic mass is 16.3. The normalized spacial score (nSPS) is 10.8. The van der Waals surface area contributed by atoms with E-state index in [1.54, 1.807) is 0 Å².